The molecule has 0 radical (unpaired) electrons. The number of hydrogen-bond acceptors (Lipinski definition) is 5. The first kappa shape index (κ1) is 24.3. The van der Waals surface area contributed by atoms with E-state index in [1.165, 1.54) is 25.3 Å². The van der Waals surface area contributed by atoms with Crippen molar-refractivity contribution >= 4 is 23.2 Å². The molecule has 6 heteroatoms. The van der Waals surface area contributed by atoms with Crippen LogP contribution in [0.5, 0.6) is 0 Å². The van der Waals surface area contributed by atoms with E-state index < -0.39 is 18.1 Å². The summed E-state index contributed by atoms with van der Waals surface area (Å²) in [5, 5.41) is 12.6. The van der Waals surface area contributed by atoms with Crippen LogP contribution in [0.25, 0.3) is 11.0 Å². The van der Waals surface area contributed by atoms with Crippen LogP contribution in [0.15, 0.2) is 59.0 Å². The van der Waals surface area contributed by atoms with Gasteiger partial charge in [-0.25, -0.2) is 0 Å². The molecule has 1 unspecified atom stereocenters. The van der Waals surface area contributed by atoms with E-state index in [0.29, 0.717) is 29.1 Å². The Morgan fingerprint density at radius 3 is 2.19 bits per heavy atom. The number of ether oxygens (including phenoxy) is 1. The number of benzene rings is 2. The number of amides is 1. The van der Waals surface area contributed by atoms with Crippen LogP contribution in [0.4, 0.5) is 0 Å². The lowest BCUT2D eigenvalue weighted by molar-refractivity contribution is -0.113. The highest BCUT2D eigenvalue weighted by atomic mass is 16.4. The van der Waals surface area contributed by atoms with Gasteiger partial charge in [-0.15, -0.1) is 0 Å². The van der Waals surface area contributed by atoms with Crippen LogP contribution >= 0.6 is 0 Å². The minimum Gasteiger partial charge on any atom is -0.461 e. The number of fused-ring (bicyclic) bond motifs is 1. The molecule has 4 rings (SSSR count). The molecule has 1 heterocycles. The molecule has 31 heavy (non-hydrogen) atoms. The Hall–Kier alpha value is -2.96. The van der Waals surface area contributed by atoms with Crippen molar-refractivity contribution in [1.29, 1.82) is 0 Å². The number of aliphatic hydroxyl groups excluding tert-OH is 1. The van der Waals surface area contributed by atoms with Crippen LogP contribution in [0, 0.1) is 6.92 Å². The second-order valence-electron chi connectivity index (χ2n) is 7.77. The van der Waals surface area contributed by atoms with Crippen LogP contribution in [0.2, 0.25) is 0 Å². The smallest absolute Gasteiger partial charge is 0.256 e. The molecule has 3 aromatic rings. The highest BCUT2D eigenvalue weighted by Gasteiger charge is 2.29. The van der Waals surface area contributed by atoms with Gasteiger partial charge in [-0.2, -0.15) is 0 Å². The van der Waals surface area contributed by atoms with E-state index in [1.807, 2.05) is 54.6 Å². The van der Waals surface area contributed by atoms with Gasteiger partial charge in [0.25, 0.3) is 5.91 Å². The van der Waals surface area contributed by atoms with E-state index in [2.05, 4.69) is 10.1 Å². The number of carbonyl (C=O) groups excluding carboxylic acids is 2. The molecule has 2 aromatic carbocycles. The van der Waals surface area contributed by atoms with Crippen molar-refractivity contribution < 1.29 is 23.8 Å². The minimum atomic E-state index is -1.29. The first-order valence-electron chi connectivity index (χ1n) is 10.2. The number of carbonyl (C=O) groups is 2. The maximum absolute atomic E-state index is 12.5. The summed E-state index contributed by atoms with van der Waals surface area (Å²) in [6.07, 6.45) is 2.90. The molecule has 0 saturated heterocycles. The quantitative estimate of drug-likeness (QED) is 0.597. The predicted molar refractivity (Wildman–Crippen MR) is 121 cm³/mol. The zero-order chi connectivity index (χ0) is 22.9. The van der Waals surface area contributed by atoms with Gasteiger partial charge in [-0.05, 0) is 50.3 Å². The molecule has 1 atom stereocenters. The third kappa shape index (κ3) is 6.77. The number of aliphatic hydroxyl groups is 1. The molecular formula is C25H31NO5. The minimum absolute atomic E-state index is 0.409. The molecule has 0 aliphatic heterocycles. The van der Waals surface area contributed by atoms with Gasteiger partial charge in [0, 0.05) is 19.6 Å². The highest BCUT2D eigenvalue weighted by molar-refractivity contribution is 6.08. The third-order valence-electron chi connectivity index (χ3n) is 4.82. The van der Waals surface area contributed by atoms with Crippen LogP contribution in [0.3, 0.4) is 0 Å². The van der Waals surface area contributed by atoms with Gasteiger partial charge in [0.15, 0.2) is 0 Å². The fourth-order valence-corrected chi connectivity index (χ4v) is 3.00. The van der Waals surface area contributed by atoms with Gasteiger partial charge >= 0.3 is 0 Å². The van der Waals surface area contributed by atoms with Crippen molar-refractivity contribution in [1.82, 2.24) is 5.32 Å². The van der Waals surface area contributed by atoms with E-state index >= 15 is 0 Å². The summed E-state index contributed by atoms with van der Waals surface area (Å²) < 4.78 is 9.90. The van der Waals surface area contributed by atoms with E-state index in [9.17, 15) is 14.7 Å². The van der Waals surface area contributed by atoms with Crippen LogP contribution in [-0.4, -0.2) is 43.7 Å². The topological polar surface area (TPSA) is 88.8 Å². The Kier molecular flexibility index (Phi) is 8.97. The Morgan fingerprint density at radius 2 is 1.74 bits per heavy atom. The van der Waals surface area contributed by atoms with Gasteiger partial charge in [0.05, 0.1) is 12.2 Å². The van der Waals surface area contributed by atoms with Gasteiger partial charge in [0.1, 0.15) is 23.2 Å². The summed E-state index contributed by atoms with van der Waals surface area (Å²) in [7, 11) is 3.25. The maximum atomic E-state index is 12.5. The molecule has 0 bridgehead atoms. The molecule has 166 valence electrons. The Bertz CT molecular complexity index is 952. The number of rotatable bonds is 5. The fraction of sp³-hybridized carbons (Fsp3) is 0.360. The molecule has 1 amide bonds. The highest BCUT2D eigenvalue weighted by Crippen LogP contribution is 2.41. The zero-order valence-electron chi connectivity index (χ0n) is 18.6. The number of hydrogen-bond donors (Lipinski definition) is 2. The van der Waals surface area contributed by atoms with E-state index in [-0.39, 0.29) is 0 Å². The normalized spacial score (nSPS) is 14.4. The largest absolute Gasteiger partial charge is 0.461 e. The number of nitrogens with one attached hydrogen (secondary N) is 1. The fourth-order valence-electron chi connectivity index (χ4n) is 3.00. The Morgan fingerprint density at radius 1 is 1.19 bits per heavy atom. The third-order valence-corrected chi connectivity index (χ3v) is 4.82. The zero-order valence-corrected chi connectivity index (χ0v) is 18.6. The molecule has 1 fully saturated rings. The predicted octanol–water partition coefficient (Wildman–Crippen LogP) is 4.25. The second kappa shape index (κ2) is 11.4. The standard InChI is InChI=1S/C17H19NO4.C6H6.C2H6O/c1-10-15(16(21)18-17(2,8-19)9-20)13-7-12(11-3-4-11)5-6-14(13)22-10;1-2-4-6-5-3-1;1-3-2/h5-8,11,20H,3-4,9H2,1-2H3,(H,18,21);1-6H;1-2H3. The molecule has 1 aromatic heterocycles. The first-order chi connectivity index (χ1) is 14.9. The Balaban J connectivity index is 0.000000318. The number of aryl methyl sites for hydroxylation is 1. The van der Waals surface area contributed by atoms with Gasteiger partial charge in [-0.3, -0.25) is 4.79 Å². The van der Waals surface area contributed by atoms with E-state index in [4.69, 9.17) is 4.42 Å². The SMILES string of the molecule is COC.Cc1oc2ccc(C3CC3)cc2c1C(=O)NC(C)(C=O)CO.c1ccccc1. The van der Waals surface area contributed by atoms with Crippen LogP contribution in [0.1, 0.15) is 47.4 Å². The summed E-state index contributed by atoms with van der Waals surface area (Å²) in [5.41, 5.74) is 1.01. The monoisotopic (exact) mass is 425 g/mol. The molecule has 6 nitrogen and oxygen atoms in total. The first-order valence-corrected chi connectivity index (χ1v) is 10.2. The summed E-state index contributed by atoms with van der Waals surface area (Å²) in [6, 6.07) is 17.9. The summed E-state index contributed by atoms with van der Waals surface area (Å²) in [6.45, 7) is 2.75. The van der Waals surface area contributed by atoms with Crippen molar-refractivity contribution in [3.63, 3.8) is 0 Å². The average Bonchev–Trinajstić information content (AvgIpc) is 3.57. The van der Waals surface area contributed by atoms with Gasteiger partial charge < -0.3 is 24.4 Å². The van der Waals surface area contributed by atoms with E-state index in [0.717, 1.165) is 5.39 Å². The second-order valence-corrected chi connectivity index (χ2v) is 7.77. The average molecular weight is 426 g/mol. The van der Waals surface area contributed by atoms with Crippen molar-refractivity contribution in [2.45, 2.75) is 38.1 Å². The number of methoxy groups -OCH3 is 1. The molecule has 1 saturated carbocycles. The summed E-state index contributed by atoms with van der Waals surface area (Å²) in [4.78, 5) is 23.6. The van der Waals surface area contributed by atoms with Gasteiger partial charge in [0.2, 0.25) is 0 Å². The molecule has 2 N–H and O–H groups in total. The number of aldehydes is 1. The summed E-state index contributed by atoms with van der Waals surface area (Å²) in [5.74, 6) is 0.674. The molecule has 0 spiro atoms. The lowest BCUT2D eigenvalue weighted by Gasteiger charge is -2.21. The van der Waals surface area contributed by atoms with Gasteiger partial charge in [-0.1, -0.05) is 42.5 Å². The van der Waals surface area contributed by atoms with Crippen LogP contribution < -0.4 is 5.32 Å². The maximum Gasteiger partial charge on any atom is 0.256 e. The van der Waals surface area contributed by atoms with E-state index in [1.54, 1.807) is 21.1 Å². The van der Waals surface area contributed by atoms with Crippen LogP contribution in [-0.2, 0) is 9.53 Å². The molecular weight excluding hydrogens is 394 g/mol. The molecule has 1 aliphatic rings. The van der Waals surface area contributed by atoms with Crippen molar-refractivity contribution in [2.24, 2.45) is 0 Å². The molecule has 1 aliphatic carbocycles. The summed E-state index contributed by atoms with van der Waals surface area (Å²) >= 11 is 0. The lowest BCUT2D eigenvalue weighted by Crippen LogP contribution is -2.50. The Labute approximate surface area is 183 Å². The number of furan rings is 1. The van der Waals surface area contributed by atoms with Crippen molar-refractivity contribution in [3.05, 3.63) is 71.5 Å². The lowest BCUT2D eigenvalue weighted by atomic mass is 10.0. The van der Waals surface area contributed by atoms with Crippen molar-refractivity contribution in [2.75, 3.05) is 20.8 Å². The van der Waals surface area contributed by atoms with Crippen molar-refractivity contribution in [3.8, 4) is 0 Å².